The zero-order valence-electron chi connectivity index (χ0n) is 12.8. The van der Waals surface area contributed by atoms with Crippen LogP contribution in [0.4, 0.5) is 0 Å². The first kappa shape index (κ1) is 16.9. The third kappa shape index (κ3) is 3.63. The number of hydrogen-bond donors (Lipinski definition) is 0. The molecule has 0 radical (unpaired) electrons. The Morgan fingerprint density at radius 2 is 2.05 bits per heavy atom. The van der Waals surface area contributed by atoms with Gasteiger partial charge >= 0.3 is 5.97 Å². The molecule has 0 amide bonds. The normalized spacial score (nSPS) is 18.8. The molecule has 0 aromatic carbocycles. The van der Waals surface area contributed by atoms with Gasteiger partial charge in [-0.25, -0.2) is 8.42 Å². The maximum Gasteiger partial charge on any atom is 0.323 e. The van der Waals surface area contributed by atoms with E-state index in [0.717, 1.165) is 0 Å². The number of piperazine rings is 1. The van der Waals surface area contributed by atoms with E-state index in [1.165, 1.54) is 22.8 Å². The van der Waals surface area contributed by atoms with E-state index in [0.29, 0.717) is 32.8 Å². The Bertz CT molecular complexity index is 598. The number of carbonyl (C=O) groups is 1. The first-order valence-corrected chi connectivity index (χ1v) is 8.71. The van der Waals surface area contributed by atoms with Crippen molar-refractivity contribution in [1.29, 1.82) is 0 Å². The summed E-state index contributed by atoms with van der Waals surface area (Å²) in [4.78, 5) is 17.7. The molecular weight excluding hydrogens is 306 g/mol. The van der Waals surface area contributed by atoms with E-state index in [4.69, 9.17) is 4.74 Å². The summed E-state index contributed by atoms with van der Waals surface area (Å²) in [7, 11) is -3.51. The molecule has 2 rings (SSSR count). The summed E-state index contributed by atoms with van der Waals surface area (Å²) in [6.45, 7) is 5.59. The Hall–Kier alpha value is -1.51. The van der Waals surface area contributed by atoms with Crippen molar-refractivity contribution in [3.8, 4) is 0 Å². The van der Waals surface area contributed by atoms with Crippen molar-refractivity contribution in [2.45, 2.75) is 24.8 Å². The second-order valence-corrected chi connectivity index (χ2v) is 6.99. The average Bonchev–Trinajstić information content (AvgIpc) is 2.55. The van der Waals surface area contributed by atoms with Crippen molar-refractivity contribution in [2.24, 2.45) is 0 Å². The topological polar surface area (TPSA) is 79.8 Å². The highest BCUT2D eigenvalue weighted by Crippen LogP contribution is 2.17. The molecule has 2 heterocycles. The molecule has 0 aliphatic carbocycles. The van der Waals surface area contributed by atoms with Crippen LogP contribution in [-0.4, -0.2) is 67.4 Å². The number of sulfonamides is 1. The Morgan fingerprint density at radius 3 is 2.59 bits per heavy atom. The number of nitrogens with zero attached hydrogens (tertiary/aromatic N) is 3. The van der Waals surface area contributed by atoms with E-state index in [1.54, 1.807) is 19.9 Å². The highest BCUT2D eigenvalue weighted by molar-refractivity contribution is 7.89. The lowest BCUT2D eigenvalue weighted by atomic mass is 10.2. The average molecular weight is 327 g/mol. The Labute approximate surface area is 130 Å². The molecule has 1 atom stereocenters. The van der Waals surface area contributed by atoms with Gasteiger partial charge in [-0.3, -0.25) is 14.7 Å². The maximum absolute atomic E-state index is 12.5. The van der Waals surface area contributed by atoms with Gasteiger partial charge < -0.3 is 4.74 Å². The molecule has 1 fully saturated rings. The first-order valence-electron chi connectivity index (χ1n) is 7.27. The van der Waals surface area contributed by atoms with Gasteiger partial charge in [0.1, 0.15) is 10.9 Å². The summed E-state index contributed by atoms with van der Waals surface area (Å²) < 4.78 is 31.4. The number of esters is 1. The second kappa shape index (κ2) is 7.17. The molecule has 22 heavy (non-hydrogen) atoms. The number of pyridine rings is 1. The van der Waals surface area contributed by atoms with Crippen molar-refractivity contribution in [1.82, 2.24) is 14.2 Å². The zero-order chi connectivity index (χ0) is 16.2. The minimum atomic E-state index is -3.51. The third-order valence-corrected chi connectivity index (χ3v) is 5.60. The van der Waals surface area contributed by atoms with Crippen LogP contribution in [0.3, 0.4) is 0 Å². The van der Waals surface area contributed by atoms with Gasteiger partial charge in [0.05, 0.1) is 6.61 Å². The summed E-state index contributed by atoms with van der Waals surface area (Å²) >= 11 is 0. The van der Waals surface area contributed by atoms with Crippen LogP contribution in [0.25, 0.3) is 0 Å². The molecular formula is C14H21N3O4S. The standard InChI is InChI=1S/C14H21N3O4S/c1-3-21-14(18)12(2)16-7-9-17(10-8-16)22(19,20)13-5-4-6-15-11-13/h4-6,11-12H,3,7-10H2,1-2H3. The van der Waals surface area contributed by atoms with Crippen molar-refractivity contribution < 1.29 is 17.9 Å². The molecule has 1 saturated heterocycles. The largest absolute Gasteiger partial charge is 0.465 e. The number of rotatable bonds is 5. The van der Waals surface area contributed by atoms with Crippen molar-refractivity contribution in [2.75, 3.05) is 32.8 Å². The van der Waals surface area contributed by atoms with Gasteiger partial charge in [0.25, 0.3) is 0 Å². The summed E-state index contributed by atoms with van der Waals surface area (Å²) in [6, 6.07) is 2.78. The van der Waals surface area contributed by atoms with E-state index in [-0.39, 0.29) is 16.9 Å². The lowest BCUT2D eigenvalue weighted by Gasteiger charge is -2.36. The summed E-state index contributed by atoms with van der Waals surface area (Å²) in [5, 5.41) is 0. The Morgan fingerprint density at radius 1 is 1.36 bits per heavy atom. The van der Waals surface area contributed by atoms with Gasteiger partial charge in [0.15, 0.2) is 0 Å². The monoisotopic (exact) mass is 327 g/mol. The highest BCUT2D eigenvalue weighted by Gasteiger charge is 2.32. The number of carbonyl (C=O) groups excluding carboxylic acids is 1. The third-order valence-electron chi connectivity index (χ3n) is 3.72. The van der Waals surface area contributed by atoms with E-state index < -0.39 is 10.0 Å². The number of hydrogen-bond acceptors (Lipinski definition) is 6. The van der Waals surface area contributed by atoms with Gasteiger partial charge in [-0.15, -0.1) is 0 Å². The van der Waals surface area contributed by atoms with Crippen LogP contribution < -0.4 is 0 Å². The molecule has 0 N–H and O–H groups in total. The fourth-order valence-electron chi connectivity index (χ4n) is 2.39. The highest BCUT2D eigenvalue weighted by atomic mass is 32.2. The van der Waals surface area contributed by atoms with Gasteiger partial charge in [0, 0.05) is 38.6 Å². The first-order chi connectivity index (χ1) is 10.5. The SMILES string of the molecule is CCOC(=O)C(C)N1CCN(S(=O)(=O)c2cccnc2)CC1. The number of ether oxygens (including phenoxy) is 1. The van der Waals surface area contributed by atoms with E-state index >= 15 is 0 Å². The predicted molar refractivity (Wildman–Crippen MR) is 80.7 cm³/mol. The molecule has 0 saturated carbocycles. The minimum absolute atomic E-state index is 0.196. The molecule has 0 spiro atoms. The van der Waals surface area contributed by atoms with Crippen LogP contribution in [0.1, 0.15) is 13.8 Å². The van der Waals surface area contributed by atoms with Gasteiger partial charge in [-0.2, -0.15) is 4.31 Å². The van der Waals surface area contributed by atoms with Crippen LogP contribution in [0.5, 0.6) is 0 Å². The smallest absolute Gasteiger partial charge is 0.323 e. The Kier molecular flexibility index (Phi) is 5.49. The Balaban J connectivity index is 1.99. The lowest BCUT2D eigenvalue weighted by molar-refractivity contribution is -0.149. The molecule has 7 nitrogen and oxygen atoms in total. The van der Waals surface area contributed by atoms with Crippen LogP contribution in [0.15, 0.2) is 29.4 Å². The number of aromatic nitrogens is 1. The van der Waals surface area contributed by atoms with Crippen LogP contribution in [0.2, 0.25) is 0 Å². The van der Waals surface area contributed by atoms with Gasteiger partial charge in [-0.1, -0.05) is 0 Å². The quantitative estimate of drug-likeness (QED) is 0.726. The molecule has 8 heteroatoms. The van der Waals surface area contributed by atoms with Crippen molar-refractivity contribution in [3.05, 3.63) is 24.5 Å². The second-order valence-electron chi connectivity index (χ2n) is 5.06. The summed E-state index contributed by atoms with van der Waals surface area (Å²) in [5.74, 6) is -0.272. The molecule has 1 aliphatic heterocycles. The van der Waals surface area contributed by atoms with Gasteiger partial charge in [0.2, 0.25) is 10.0 Å². The fraction of sp³-hybridized carbons (Fsp3) is 0.571. The molecule has 122 valence electrons. The van der Waals surface area contributed by atoms with Crippen LogP contribution in [0, 0.1) is 0 Å². The lowest BCUT2D eigenvalue weighted by Crippen LogP contribution is -2.53. The molecule has 1 aromatic rings. The van der Waals surface area contributed by atoms with Gasteiger partial charge in [-0.05, 0) is 26.0 Å². The maximum atomic E-state index is 12.5. The molecule has 1 aliphatic rings. The van der Waals surface area contributed by atoms with E-state index in [9.17, 15) is 13.2 Å². The van der Waals surface area contributed by atoms with Crippen molar-refractivity contribution >= 4 is 16.0 Å². The predicted octanol–water partition coefficient (Wildman–Crippen LogP) is 0.339. The van der Waals surface area contributed by atoms with Crippen molar-refractivity contribution in [3.63, 3.8) is 0 Å². The zero-order valence-corrected chi connectivity index (χ0v) is 13.6. The summed E-state index contributed by atoms with van der Waals surface area (Å²) in [6.07, 6.45) is 2.89. The molecule has 0 bridgehead atoms. The summed E-state index contributed by atoms with van der Waals surface area (Å²) in [5.41, 5.74) is 0. The minimum Gasteiger partial charge on any atom is -0.465 e. The van der Waals surface area contributed by atoms with E-state index in [1.807, 2.05) is 4.90 Å². The molecule has 1 unspecified atom stereocenters. The van der Waals surface area contributed by atoms with Crippen LogP contribution >= 0.6 is 0 Å². The molecule has 1 aromatic heterocycles. The van der Waals surface area contributed by atoms with E-state index in [2.05, 4.69) is 4.98 Å². The fourth-order valence-corrected chi connectivity index (χ4v) is 3.78. The van der Waals surface area contributed by atoms with Crippen LogP contribution in [-0.2, 0) is 19.6 Å².